The second kappa shape index (κ2) is 10.7. The molecule has 166 valence electrons. The molecule has 0 atom stereocenters. The van der Waals surface area contributed by atoms with Crippen LogP contribution in [0.25, 0.3) is 0 Å². The minimum Gasteiger partial charge on any atom is -0.482 e. The van der Waals surface area contributed by atoms with Crippen molar-refractivity contribution in [3.63, 3.8) is 0 Å². The molecule has 0 saturated carbocycles. The predicted octanol–water partition coefficient (Wildman–Crippen LogP) is 3.00. The summed E-state index contributed by atoms with van der Waals surface area (Å²) in [5.74, 6) is -0.0714. The Morgan fingerprint density at radius 1 is 1.17 bits per heavy atom. The normalized spacial score (nSPS) is 14.8. The van der Waals surface area contributed by atoms with Crippen molar-refractivity contribution in [3.8, 4) is 5.75 Å². The van der Waals surface area contributed by atoms with Gasteiger partial charge in [-0.2, -0.15) is 0 Å². The van der Waals surface area contributed by atoms with Gasteiger partial charge >= 0.3 is 6.09 Å². The topological polar surface area (TPSA) is 97.0 Å². The van der Waals surface area contributed by atoms with Gasteiger partial charge in [0.05, 0.1) is 5.02 Å². The molecule has 30 heavy (non-hydrogen) atoms. The first-order valence-corrected chi connectivity index (χ1v) is 10.4. The molecule has 1 heterocycles. The lowest BCUT2D eigenvalue weighted by Gasteiger charge is -2.32. The lowest BCUT2D eigenvalue weighted by molar-refractivity contribution is -0.131. The smallest absolute Gasteiger partial charge is 0.408 e. The van der Waals surface area contributed by atoms with Crippen molar-refractivity contribution in [2.24, 2.45) is 0 Å². The third-order valence-electron chi connectivity index (χ3n) is 4.25. The maximum absolute atomic E-state index is 12.2. The molecule has 1 saturated heterocycles. The van der Waals surface area contributed by atoms with Crippen LogP contribution in [0, 0.1) is 0 Å². The third-order valence-corrected chi connectivity index (χ3v) is 4.78. The summed E-state index contributed by atoms with van der Waals surface area (Å²) < 4.78 is 10.5. The van der Waals surface area contributed by atoms with Gasteiger partial charge in [-0.3, -0.25) is 9.59 Å². The van der Waals surface area contributed by atoms with E-state index in [1.165, 1.54) is 0 Å². The molecule has 1 aliphatic heterocycles. The summed E-state index contributed by atoms with van der Waals surface area (Å²) in [6.07, 6.45) is 0.607. The fourth-order valence-electron chi connectivity index (χ4n) is 2.85. The first-order valence-electron chi connectivity index (χ1n) is 9.65. The molecule has 1 aromatic carbocycles. The average molecular weight is 460 g/mol. The number of carbonyl (C=O) groups is 3. The average Bonchev–Trinajstić information content (AvgIpc) is 2.64. The van der Waals surface area contributed by atoms with Crippen molar-refractivity contribution in [2.45, 2.75) is 45.3 Å². The van der Waals surface area contributed by atoms with Crippen molar-refractivity contribution in [2.75, 3.05) is 26.2 Å². The Morgan fingerprint density at radius 2 is 1.83 bits per heavy atom. The van der Waals surface area contributed by atoms with Crippen LogP contribution in [0.3, 0.4) is 0 Å². The van der Waals surface area contributed by atoms with Gasteiger partial charge in [0.25, 0.3) is 5.91 Å². The van der Waals surface area contributed by atoms with Crippen molar-refractivity contribution in [1.29, 1.82) is 0 Å². The molecule has 2 rings (SSSR count). The highest BCUT2D eigenvalue weighted by Crippen LogP contribution is 2.27. The number of piperidine rings is 1. The van der Waals surface area contributed by atoms with Gasteiger partial charge < -0.3 is 25.0 Å². The van der Waals surface area contributed by atoms with E-state index in [1.54, 1.807) is 43.9 Å². The van der Waals surface area contributed by atoms with Crippen molar-refractivity contribution in [3.05, 3.63) is 28.2 Å². The molecule has 2 N–H and O–H groups in total. The van der Waals surface area contributed by atoms with E-state index in [0.29, 0.717) is 41.7 Å². The van der Waals surface area contributed by atoms with E-state index in [4.69, 9.17) is 32.7 Å². The highest BCUT2D eigenvalue weighted by atomic mass is 35.5. The van der Waals surface area contributed by atoms with E-state index in [-0.39, 0.29) is 31.0 Å². The molecule has 10 heteroatoms. The van der Waals surface area contributed by atoms with Gasteiger partial charge in [-0.05, 0) is 51.8 Å². The van der Waals surface area contributed by atoms with Gasteiger partial charge in [0, 0.05) is 24.2 Å². The molecule has 0 bridgehead atoms. The maximum Gasteiger partial charge on any atom is 0.408 e. The van der Waals surface area contributed by atoms with Gasteiger partial charge in [0.2, 0.25) is 5.91 Å². The SMILES string of the molecule is CC(C)(C)OC(=O)NCC(=O)N1CCC(NC(=O)COc2ccc(Cl)cc2Cl)CC1. The maximum atomic E-state index is 12.2. The van der Waals surface area contributed by atoms with Crippen LogP contribution in [0.2, 0.25) is 10.0 Å². The Bertz CT molecular complexity index is 774. The minimum atomic E-state index is -0.626. The number of likely N-dealkylation sites (tertiary alicyclic amines) is 1. The van der Waals surface area contributed by atoms with Crippen LogP contribution < -0.4 is 15.4 Å². The number of ether oxygens (including phenoxy) is 2. The molecule has 0 spiro atoms. The summed E-state index contributed by atoms with van der Waals surface area (Å²) in [5.41, 5.74) is -0.619. The van der Waals surface area contributed by atoms with E-state index in [1.807, 2.05) is 0 Å². The van der Waals surface area contributed by atoms with Crippen LogP contribution in [0.5, 0.6) is 5.75 Å². The molecule has 0 aromatic heterocycles. The number of alkyl carbamates (subject to hydrolysis) is 1. The summed E-state index contributed by atoms with van der Waals surface area (Å²) in [7, 11) is 0. The van der Waals surface area contributed by atoms with Gasteiger partial charge in [0.1, 0.15) is 17.9 Å². The Balaban J connectivity index is 1.67. The number of nitrogens with zero attached hydrogens (tertiary/aromatic N) is 1. The second-order valence-electron chi connectivity index (χ2n) is 7.94. The first kappa shape index (κ1) is 24.1. The molecule has 3 amide bonds. The Kier molecular flexibility index (Phi) is 8.61. The van der Waals surface area contributed by atoms with Crippen LogP contribution in [-0.4, -0.2) is 60.7 Å². The van der Waals surface area contributed by atoms with Crippen molar-refractivity contribution >= 4 is 41.1 Å². The zero-order valence-corrected chi connectivity index (χ0v) is 18.8. The standard InChI is InChI=1S/C20H27Cl2N3O5/c1-20(2,3)30-19(28)23-11-18(27)25-8-6-14(7-9-25)24-17(26)12-29-16-5-4-13(21)10-15(16)22/h4-5,10,14H,6-9,11-12H2,1-3H3,(H,23,28)(H,24,26). The zero-order chi connectivity index (χ0) is 22.3. The van der Waals surface area contributed by atoms with Crippen LogP contribution >= 0.6 is 23.2 Å². The predicted molar refractivity (Wildman–Crippen MR) is 114 cm³/mol. The fourth-order valence-corrected chi connectivity index (χ4v) is 3.31. The largest absolute Gasteiger partial charge is 0.482 e. The Morgan fingerprint density at radius 3 is 2.43 bits per heavy atom. The molecule has 1 aliphatic rings. The van der Waals surface area contributed by atoms with Gasteiger partial charge in [-0.15, -0.1) is 0 Å². The fraction of sp³-hybridized carbons (Fsp3) is 0.550. The summed E-state index contributed by atoms with van der Waals surface area (Å²) in [6, 6.07) is 4.73. The van der Waals surface area contributed by atoms with E-state index in [0.717, 1.165) is 0 Å². The lowest BCUT2D eigenvalue weighted by atomic mass is 10.0. The summed E-state index contributed by atoms with van der Waals surface area (Å²) in [6.45, 7) is 5.95. The van der Waals surface area contributed by atoms with Gasteiger partial charge in [-0.25, -0.2) is 4.79 Å². The van der Waals surface area contributed by atoms with Crippen LogP contribution in [0.1, 0.15) is 33.6 Å². The number of nitrogens with one attached hydrogen (secondary N) is 2. The van der Waals surface area contributed by atoms with E-state index in [2.05, 4.69) is 10.6 Å². The monoisotopic (exact) mass is 459 g/mol. The van der Waals surface area contributed by atoms with Crippen LogP contribution in [-0.2, 0) is 14.3 Å². The Labute approximate surface area is 186 Å². The molecule has 8 nitrogen and oxygen atoms in total. The zero-order valence-electron chi connectivity index (χ0n) is 17.3. The first-order chi connectivity index (χ1) is 14.0. The van der Waals surface area contributed by atoms with Gasteiger partial charge in [0.15, 0.2) is 6.61 Å². The molecule has 1 fully saturated rings. The quantitative estimate of drug-likeness (QED) is 0.681. The highest BCUT2D eigenvalue weighted by Gasteiger charge is 2.25. The molecule has 0 unspecified atom stereocenters. The number of benzene rings is 1. The van der Waals surface area contributed by atoms with Gasteiger partial charge in [-0.1, -0.05) is 23.2 Å². The number of hydrogen-bond donors (Lipinski definition) is 2. The van der Waals surface area contributed by atoms with Crippen molar-refractivity contribution < 1.29 is 23.9 Å². The summed E-state index contributed by atoms with van der Waals surface area (Å²) in [4.78, 5) is 37.7. The minimum absolute atomic E-state index is 0.0512. The van der Waals surface area contributed by atoms with E-state index in [9.17, 15) is 14.4 Å². The second-order valence-corrected chi connectivity index (χ2v) is 8.79. The molecule has 0 aliphatic carbocycles. The number of rotatable bonds is 6. The highest BCUT2D eigenvalue weighted by molar-refractivity contribution is 6.35. The molecule has 0 radical (unpaired) electrons. The van der Waals surface area contributed by atoms with E-state index < -0.39 is 11.7 Å². The number of amides is 3. The molecular weight excluding hydrogens is 433 g/mol. The van der Waals surface area contributed by atoms with E-state index >= 15 is 0 Å². The lowest BCUT2D eigenvalue weighted by Crippen LogP contribution is -2.49. The third kappa shape index (κ3) is 8.28. The number of hydrogen-bond acceptors (Lipinski definition) is 5. The van der Waals surface area contributed by atoms with Crippen LogP contribution in [0.4, 0.5) is 4.79 Å². The summed E-state index contributed by atoms with van der Waals surface area (Å²) >= 11 is 11.8. The molecule has 1 aromatic rings. The van der Waals surface area contributed by atoms with Crippen LogP contribution in [0.15, 0.2) is 18.2 Å². The number of halogens is 2. The number of carbonyl (C=O) groups excluding carboxylic acids is 3. The van der Waals surface area contributed by atoms with Crippen molar-refractivity contribution in [1.82, 2.24) is 15.5 Å². The Hall–Kier alpha value is -2.19. The summed E-state index contributed by atoms with van der Waals surface area (Å²) in [5, 5.41) is 6.18. The molecular formula is C20H27Cl2N3O5.